The molecule has 3 nitrogen and oxygen atoms in total. The van der Waals surface area contributed by atoms with E-state index in [4.69, 9.17) is 9.47 Å². The van der Waals surface area contributed by atoms with Gasteiger partial charge in [-0.25, -0.2) is 0 Å². The van der Waals surface area contributed by atoms with Gasteiger partial charge in [0.05, 0.1) is 19.3 Å². The van der Waals surface area contributed by atoms with Crippen molar-refractivity contribution in [1.29, 1.82) is 0 Å². The summed E-state index contributed by atoms with van der Waals surface area (Å²) in [6, 6.07) is 11.4. The lowest BCUT2D eigenvalue weighted by Gasteiger charge is -2.40. The average Bonchev–Trinajstić information content (AvgIpc) is 2.45. The second kappa shape index (κ2) is 6.70. The normalized spacial score (nSPS) is 30.9. The summed E-state index contributed by atoms with van der Waals surface area (Å²) < 4.78 is 11.5. The second-order valence-electron chi connectivity index (χ2n) is 5.92. The Morgan fingerprint density at radius 3 is 2.65 bits per heavy atom. The Hall–Kier alpha value is -0.900. The van der Waals surface area contributed by atoms with Gasteiger partial charge >= 0.3 is 0 Å². The summed E-state index contributed by atoms with van der Waals surface area (Å²) >= 11 is 0. The first kappa shape index (κ1) is 14.1. The minimum Gasteiger partial charge on any atom is -0.376 e. The van der Waals surface area contributed by atoms with E-state index in [0.29, 0.717) is 24.2 Å². The number of benzene rings is 1. The third-order valence-corrected chi connectivity index (χ3v) is 4.50. The molecule has 0 amide bonds. The maximum atomic E-state index is 6.26. The molecule has 3 atom stereocenters. The van der Waals surface area contributed by atoms with E-state index in [1.165, 1.54) is 18.4 Å². The zero-order valence-corrected chi connectivity index (χ0v) is 12.3. The van der Waals surface area contributed by atoms with Crippen LogP contribution in [0.2, 0.25) is 0 Å². The molecular formula is C17H25NO2. The van der Waals surface area contributed by atoms with Gasteiger partial charge in [0, 0.05) is 6.04 Å². The maximum absolute atomic E-state index is 6.26. The summed E-state index contributed by atoms with van der Waals surface area (Å²) in [6.07, 6.45) is 4.21. The molecule has 1 aliphatic carbocycles. The van der Waals surface area contributed by atoms with Crippen LogP contribution in [-0.2, 0) is 9.47 Å². The predicted octanol–water partition coefficient (Wildman–Crippen LogP) is 2.72. The van der Waals surface area contributed by atoms with Crippen molar-refractivity contribution in [2.24, 2.45) is 0 Å². The number of hydrogen-bond acceptors (Lipinski definition) is 3. The van der Waals surface area contributed by atoms with E-state index in [9.17, 15) is 0 Å². The largest absolute Gasteiger partial charge is 0.376 e. The van der Waals surface area contributed by atoms with Crippen molar-refractivity contribution in [3.63, 3.8) is 0 Å². The smallest absolute Gasteiger partial charge is 0.105 e. The molecule has 0 bridgehead atoms. The Kier molecular flexibility index (Phi) is 4.71. The van der Waals surface area contributed by atoms with Crippen LogP contribution in [-0.4, -0.2) is 38.0 Å². The average molecular weight is 275 g/mol. The molecule has 1 aromatic rings. The zero-order valence-electron chi connectivity index (χ0n) is 12.3. The molecule has 1 saturated carbocycles. The fourth-order valence-electron chi connectivity index (χ4n) is 3.34. The van der Waals surface area contributed by atoms with Gasteiger partial charge in [-0.15, -0.1) is 0 Å². The predicted molar refractivity (Wildman–Crippen MR) is 80.0 cm³/mol. The second-order valence-corrected chi connectivity index (χ2v) is 5.92. The van der Waals surface area contributed by atoms with Crippen LogP contribution in [0.1, 0.15) is 37.7 Å². The molecule has 1 heterocycles. The van der Waals surface area contributed by atoms with Crippen molar-refractivity contribution in [2.45, 2.75) is 50.4 Å². The molecule has 1 aliphatic heterocycles. The molecule has 0 aromatic heterocycles. The lowest BCUT2D eigenvalue weighted by atomic mass is 9.80. The molecule has 2 fully saturated rings. The Bertz CT molecular complexity index is 405. The fraction of sp³-hybridized carbons (Fsp3) is 0.647. The van der Waals surface area contributed by atoms with Gasteiger partial charge in [0.2, 0.25) is 0 Å². The van der Waals surface area contributed by atoms with Crippen molar-refractivity contribution in [3.05, 3.63) is 35.9 Å². The van der Waals surface area contributed by atoms with E-state index >= 15 is 0 Å². The van der Waals surface area contributed by atoms with E-state index in [0.717, 1.165) is 26.2 Å². The molecule has 1 aromatic carbocycles. The summed E-state index contributed by atoms with van der Waals surface area (Å²) in [5, 5.41) is 3.59. The van der Waals surface area contributed by atoms with Crippen molar-refractivity contribution < 1.29 is 9.47 Å². The zero-order chi connectivity index (χ0) is 13.8. The monoisotopic (exact) mass is 275 g/mol. The van der Waals surface area contributed by atoms with Gasteiger partial charge in [-0.3, -0.25) is 0 Å². The number of nitrogens with one attached hydrogen (secondary N) is 1. The summed E-state index contributed by atoms with van der Waals surface area (Å²) in [4.78, 5) is 0. The maximum Gasteiger partial charge on any atom is 0.105 e. The van der Waals surface area contributed by atoms with Crippen molar-refractivity contribution in [2.75, 3.05) is 19.8 Å². The first-order chi connectivity index (χ1) is 9.86. The molecule has 1 saturated heterocycles. The highest BCUT2D eigenvalue weighted by atomic mass is 16.6. The van der Waals surface area contributed by atoms with Gasteiger partial charge in [0.25, 0.3) is 0 Å². The van der Waals surface area contributed by atoms with Crippen LogP contribution in [0.4, 0.5) is 0 Å². The van der Waals surface area contributed by atoms with Gasteiger partial charge < -0.3 is 14.8 Å². The Morgan fingerprint density at radius 2 is 2.00 bits per heavy atom. The molecule has 110 valence electrons. The molecule has 2 aliphatic rings. The van der Waals surface area contributed by atoms with Crippen LogP contribution < -0.4 is 5.32 Å². The molecule has 3 heteroatoms. The van der Waals surface area contributed by atoms with Crippen LogP contribution in [0.15, 0.2) is 30.3 Å². The van der Waals surface area contributed by atoms with Crippen molar-refractivity contribution >= 4 is 0 Å². The SMILES string of the molecule is CCNC1CCC(c2ccccc2)CC1OC1COC1. The third-order valence-electron chi connectivity index (χ3n) is 4.50. The molecule has 20 heavy (non-hydrogen) atoms. The van der Waals surface area contributed by atoms with Gasteiger partial charge in [-0.05, 0) is 37.3 Å². The number of ether oxygens (including phenoxy) is 2. The van der Waals surface area contributed by atoms with Gasteiger partial charge in [0.1, 0.15) is 6.10 Å². The minimum atomic E-state index is 0.315. The number of likely N-dealkylation sites (N-methyl/N-ethyl adjacent to an activating group) is 1. The van der Waals surface area contributed by atoms with Crippen LogP contribution >= 0.6 is 0 Å². The highest BCUT2D eigenvalue weighted by molar-refractivity contribution is 5.20. The van der Waals surface area contributed by atoms with E-state index in [1.807, 2.05) is 0 Å². The first-order valence-electron chi connectivity index (χ1n) is 7.88. The van der Waals surface area contributed by atoms with Crippen molar-refractivity contribution in [1.82, 2.24) is 5.32 Å². The summed E-state index contributed by atoms with van der Waals surface area (Å²) in [7, 11) is 0. The standard InChI is InChI=1S/C17H25NO2/c1-2-18-16-9-8-14(13-6-4-3-5-7-13)10-17(16)20-15-11-19-12-15/h3-7,14-18H,2,8-12H2,1H3. The van der Waals surface area contributed by atoms with Gasteiger partial charge in [0.15, 0.2) is 0 Å². The van der Waals surface area contributed by atoms with E-state index < -0.39 is 0 Å². The van der Waals surface area contributed by atoms with Crippen LogP contribution in [0, 0.1) is 0 Å². The fourth-order valence-corrected chi connectivity index (χ4v) is 3.34. The first-order valence-corrected chi connectivity index (χ1v) is 7.88. The molecule has 0 radical (unpaired) electrons. The van der Waals surface area contributed by atoms with E-state index in [-0.39, 0.29) is 0 Å². The third kappa shape index (κ3) is 3.22. The van der Waals surface area contributed by atoms with Crippen LogP contribution in [0.25, 0.3) is 0 Å². The Morgan fingerprint density at radius 1 is 1.20 bits per heavy atom. The van der Waals surface area contributed by atoms with Crippen LogP contribution in [0.3, 0.4) is 0 Å². The highest BCUT2D eigenvalue weighted by Gasteiger charge is 2.34. The molecule has 1 N–H and O–H groups in total. The van der Waals surface area contributed by atoms with Gasteiger partial charge in [-0.1, -0.05) is 37.3 Å². The highest BCUT2D eigenvalue weighted by Crippen LogP contribution is 2.35. The Balaban J connectivity index is 1.65. The quantitative estimate of drug-likeness (QED) is 0.896. The van der Waals surface area contributed by atoms with E-state index in [1.54, 1.807) is 0 Å². The summed E-state index contributed by atoms with van der Waals surface area (Å²) in [5.74, 6) is 0.636. The minimum absolute atomic E-state index is 0.315. The molecule has 3 rings (SSSR count). The summed E-state index contributed by atoms with van der Waals surface area (Å²) in [6.45, 7) is 4.73. The number of hydrogen-bond donors (Lipinski definition) is 1. The van der Waals surface area contributed by atoms with Crippen LogP contribution in [0.5, 0.6) is 0 Å². The lowest BCUT2D eigenvalue weighted by Crippen LogP contribution is -2.49. The Labute approximate surface area is 121 Å². The van der Waals surface area contributed by atoms with E-state index in [2.05, 4.69) is 42.6 Å². The lowest BCUT2D eigenvalue weighted by molar-refractivity contribution is -0.166. The summed E-state index contributed by atoms with van der Waals surface area (Å²) in [5.41, 5.74) is 1.46. The molecular weight excluding hydrogens is 250 g/mol. The van der Waals surface area contributed by atoms with Gasteiger partial charge in [-0.2, -0.15) is 0 Å². The number of rotatable bonds is 5. The molecule has 0 spiro atoms. The molecule has 3 unspecified atom stereocenters. The topological polar surface area (TPSA) is 30.5 Å². The van der Waals surface area contributed by atoms with Crippen molar-refractivity contribution in [3.8, 4) is 0 Å².